The van der Waals surface area contributed by atoms with Gasteiger partial charge in [-0.25, -0.2) is 0 Å². The average Bonchev–Trinajstić information content (AvgIpc) is 2.35. The minimum Gasteiger partial charge on any atom is -0.497 e. The van der Waals surface area contributed by atoms with Gasteiger partial charge in [-0.3, -0.25) is 10.1 Å². The highest BCUT2D eigenvalue weighted by Crippen LogP contribution is 2.29. The molecular weight excluding hydrogens is 220 g/mol. The molecule has 0 spiro atoms. The first kappa shape index (κ1) is 13.3. The van der Waals surface area contributed by atoms with Crippen LogP contribution >= 0.6 is 0 Å². The third-order valence-electron chi connectivity index (χ3n) is 2.75. The lowest BCUT2D eigenvalue weighted by atomic mass is 10.1. The molecule has 0 fully saturated rings. The van der Waals surface area contributed by atoms with Crippen LogP contribution in [0, 0.1) is 10.1 Å². The number of nitrogens with one attached hydrogen (secondary N) is 1. The van der Waals surface area contributed by atoms with E-state index < -0.39 is 0 Å². The van der Waals surface area contributed by atoms with Gasteiger partial charge in [0, 0.05) is 18.2 Å². The fraction of sp³-hybridized carbons (Fsp3) is 0.500. The third kappa shape index (κ3) is 3.34. The Kier molecular flexibility index (Phi) is 4.75. The van der Waals surface area contributed by atoms with Crippen LogP contribution < -0.4 is 10.1 Å². The van der Waals surface area contributed by atoms with Crippen molar-refractivity contribution in [1.29, 1.82) is 0 Å². The Balaban J connectivity index is 3.04. The zero-order valence-corrected chi connectivity index (χ0v) is 10.4. The van der Waals surface area contributed by atoms with Crippen LogP contribution in [0.1, 0.15) is 26.7 Å². The molecule has 0 aliphatic carbocycles. The summed E-state index contributed by atoms with van der Waals surface area (Å²) < 4.78 is 5.08. The molecule has 1 aromatic carbocycles. The maximum atomic E-state index is 10.9. The lowest BCUT2D eigenvalue weighted by molar-refractivity contribution is -0.384. The molecule has 1 rings (SSSR count). The summed E-state index contributed by atoms with van der Waals surface area (Å²) in [5.41, 5.74) is 0.598. The summed E-state index contributed by atoms with van der Waals surface area (Å²) in [5.74, 6) is 0.615. The Morgan fingerprint density at radius 1 is 1.41 bits per heavy atom. The van der Waals surface area contributed by atoms with Gasteiger partial charge in [-0.05, 0) is 18.9 Å². The van der Waals surface area contributed by atoms with Gasteiger partial charge in [0.2, 0.25) is 0 Å². The number of nitro groups is 1. The van der Waals surface area contributed by atoms with Gasteiger partial charge in [0.05, 0.1) is 12.0 Å². The summed E-state index contributed by atoms with van der Waals surface area (Å²) in [5, 5.41) is 14.1. The number of benzene rings is 1. The van der Waals surface area contributed by atoms with Gasteiger partial charge in [-0.15, -0.1) is 0 Å². The van der Waals surface area contributed by atoms with Crippen molar-refractivity contribution in [2.24, 2.45) is 0 Å². The second-order valence-electron chi connectivity index (χ2n) is 3.80. The number of ether oxygens (including phenoxy) is 1. The number of rotatable bonds is 6. The van der Waals surface area contributed by atoms with E-state index in [0.717, 1.165) is 12.8 Å². The lowest BCUT2D eigenvalue weighted by Crippen LogP contribution is -2.17. The van der Waals surface area contributed by atoms with E-state index >= 15 is 0 Å². The van der Waals surface area contributed by atoms with Crippen LogP contribution in [0.2, 0.25) is 0 Å². The van der Waals surface area contributed by atoms with E-state index in [-0.39, 0.29) is 16.7 Å². The molecule has 0 amide bonds. The van der Waals surface area contributed by atoms with Crippen molar-refractivity contribution in [2.45, 2.75) is 32.7 Å². The zero-order chi connectivity index (χ0) is 12.8. The Bertz CT molecular complexity index is 389. The van der Waals surface area contributed by atoms with Gasteiger partial charge < -0.3 is 10.1 Å². The molecule has 0 atom stereocenters. The molecule has 94 valence electrons. The standard InChI is InChI=1S/C12H18N2O3/c1-4-9(5-2)13-11-8-10(17-3)6-7-12(11)14(15)16/h6-9,13H,4-5H2,1-3H3. The normalized spacial score (nSPS) is 10.4. The molecule has 0 saturated carbocycles. The number of methoxy groups -OCH3 is 1. The fourth-order valence-corrected chi connectivity index (χ4v) is 1.63. The van der Waals surface area contributed by atoms with E-state index in [1.54, 1.807) is 19.2 Å². The molecule has 17 heavy (non-hydrogen) atoms. The van der Waals surface area contributed by atoms with E-state index in [2.05, 4.69) is 5.32 Å². The van der Waals surface area contributed by atoms with E-state index in [9.17, 15) is 10.1 Å². The van der Waals surface area contributed by atoms with Crippen molar-refractivity contribution in [3.05, 3.63) is 28.3 Å². The molecule has 0 heterocycles. The second-order valence-corrected chi connectivity index (χ2v) is 3.80. The monoisotopic (exact) mass is 238 g/mol. The molecule has 0 bridgehead atoms. The first-order chi connectivity index (χ1) is 8.12. The van der Waals surface area contributed by atoms with Crippen molar-refractivity contribution in [1.82, 2.24) is 0 Å². The van der Waals surface area contributed by atoms with Crippen molar-refractivity contribution >= 4 is 11.4 Å². The number of hydrogen-bond donors (Lipinski definition) is 1. The summed E-state index contributed by atoms with van der Waals surface area (Å²) in [6, 6.07) is 4.96. The first-order valence-corrected chi connectivity index (χ1v) is 5.71. The van der Waals surface area contributed by atoms with E-state index in [0.29, 0.717) is 11.4 Å². The van der Waals surface area contributed by atoms with Crippen LogP contribution in [-0.2, 0) is 0 Å². The van der Waals surface area contributed by atoms with Crippen LogP contribution in [0.15, 0.2) is 18.2 Å². The van der Waals surface area contributed by atoms with E-state index in [4.69, 9.17) is 4.74 Å². The van der Waals surface area contributed by atoms with Gasteiger partial charge in [0.25, 0.3) is 5.69 Å². The van der Waals surface area contributed by atoms with Crippen molar-refractivity contribution in [3.63, 3.8) is 0 Å². The predicted octanol–water partition coefficient (Wildman–Crippen LogP) is 3.20. The Morgan fingerprint density at radius 3 is 2.53 bits per heavy atom. The summed E-state index contributed by atoms with van der Waals surface area (Å²) in [4.78, 5) is 10.5. The quantitative estimate of drug-likeness (QED) is 0.610. The Hall–Kier alpha value is -1.78. The zero-order valence-electron chi connectivity index (χ0n) is 10.4. The topological polar surface area (TPSA) is 64.4 Å². The summed E-state index contributed by atoms with van der Waals surface area (Å²) in [7, 11) is 1.54. The smallest absolute Gasteiger partial charge is 0.292 e. The van der Waals surface area contributed by atoms with Gasteiger partial charge in [0.1, 0.15) is 11.4 Å². The summed E-state index contributed by atoms with van der Waals surface area (Å²) in [6.45, 7) is 4.10. The highest BCUT2D eigenvalue weighted by Gasteiger charge is 2.16. The average molecular weight is 238 g/mol. The number of anilines is 1. The van der Waals surface area contributed by atoms with Crippen LogP contribution in [-0.4, -0.2) is 18.1 Å². The SMILES string of the molecule is CCC(CC)Nc1cc(OC)ccc1[N+](=O)[O-]. The molecular formula is C12H18N2O3. The molecule has 0 aromatic heterocycles. The molecule has 5 nitrogen and oxygen atoms in total. The lowest BCUT2D eigenvalue weighted by Gasteiger charge is -2.16. The van der Waals surface area contributed by atoms with Gasteiger partial charge >= 0.3 is 0 Å². The molecule has 5 heteroatoms. The summed E-state index contributed by atoms with van der Waals surface area (Å²) in [6.07, 6.45) is 1.84. The minimum atomic E-state index is -0.385. The Morgan fingerprint density at radius 2 is 2.06 bits per heavy atom. The molecule has 0 aliphatic heterocycles. The highest BCUT2D eigenvalue weighted by atomic mass is 16.6. The third-order valence-corrected chi connectivity index (χ3v) is 2.75. The molecule has 0 saturated heterocycles. The number of nitrogens with zero attached hydrogens (tertiary/aromatic N) is 1. The maximum absolute atomic E-state index is 10.9. The Labute approximate surface area is 101 Å². The van der Waals surface area contributed by atoms with Crippen LogP contribution in [0.4, 0.5) is 11.4 Å². The van der Waals surface area contributed by atoms with Crippen LogP contribution in [0.5, 0.6) is 5.75 Å². The largest absolute Gasteiger partial charge is 0.497 e. The van der Waals surface area contributed by atoms with Crippen molar-refractivity contribution < 1.29 is 9.66 Å². The van der Waals surface area contributed by atoms with Crippen molar-refractivity contribution in [3.8, 4) is 5.75 Å². The van der Waals surface area contributed by atoms with E-state index in [1.165, 1.54) is 6.07 Å². The summed E-state index contributed by atoms with van der Waals surface area (Å²) >= 11 is 0. The first-order valence-electron chi connectivity index (χ1n) is 5.71. The minimum absolute atomic E-state index is 0.0812. The molecule has 0 unspecified atom stereocenters. The van der Waals surface area contributed by atoms with Gasteiger partial charge in [-0.2, -0.15) is 0 Å². The second kappa shape index (κ2) is 6.08. The molecule has 0 aliphatic rings. The van der Waals surface area contributed by atoms with Crippen molar-refractivity contribution in [2.75, 3.05) is 12.4 Å². The highest BCUT2D eigenvalue weighted by molar-refractivity contribution is 5.64. The number of nitro benzene ring substituents is 1. The van der Waals surface area contributed by atoms with Gasteiger partial charge in [-0.1, -0.05) is 13.8 Å². The van der Waals surface area contributed by atoms with Crippen LogP contribution in [0.25, 0.3) is 0 Å². The molecule has 1 aromatic rings. The predicted molar refractivity (Wildman–Crippen MR) is 67.6 cm³/mol. The molecule has 1 N–H and O–H groups in total. The maximum Gasteiger partial charge on any atom is 0.292 e. The molecule has 0 radical (unpaired) electrons. The van der Waals surface area contributed by atoms with Gasteiger partial charge in [0.15, 0.2) is 0 Å². The van der Waals surface area contributed by atoms with Crippen LogP contribution in [0.3, 0.4) is 0 Å². The van der Waals surface area contributed by atoms with E-state index in [1.807, 2.05) is 13.8 Å². The fourth-order valence-electron chi connectivity index (χ4n) is 1.63. The number of hydrogen-bond acceptors (Lipinski definition) is 4.